The lowest BCUT2D eigenvalue weighted by Gasteiger charge is -2.00. The van der Waals surface area contributed by atoms with Crippen molar-refractivity contribution in [2.45, 2.75) is 0 Å². The molecule has 0 aliphatic rings. The van der Waals surface area contributed by atoms with Gasteiger partial charge >= 0.3 is 0 Å². The van der Waals surface area contributed by atoms with Gasteiger partial charge in [-0.25, -0.2) is 0 Å². The number of pyridine rings is 1. The van der Waals surface area contributed by atoms with Crippen LogP contribution in [-0.4, -0.2) is 31.0 Å². The number of tetrazole rings is 1. The van der Waals surface area contributed by atoms with Crippen molar-refractivity contribution in [2.75, 3.05) is 0 Å². The molecule has 0 spiro atoms. The van der Waals surface area contributed by atoms with Gasteiger partial charge in [0.1, 0.15) is 11.5 Å². The van der Waals surface area contributed by atoms with Crippen LogP contribution in [0.1, 0.15) is 5.69 Å². The molecule has 3 aromatic rings. The van der Waals surface area contributed by atoms with E-state index in [0.29, 0.717) is 17.2 Å². The standard InChI is InChI=1S/C13H11N7/c14-12(15)11-8-10(6-7-16-11)20-18-13(17-19-20)9-4-2-1-3-5-9/h1-8H,(H3,14,15). The topological polar surface area (TPSA) is 106 Å². The molecule has 0 atom stereocenters. The molecule has 98 valence electrons. The van der Waals surface area contributed by atoms with Crippen LogP contribution in [0.5, 0.6) is 0 Å². The second kappa shape index (κ2) is 4.88. The first-order valence-corrected chi connectivity index (χ1v) is 5.90. The predicted molar refractivity (Wildman–Crippen MR) is 73.4 cm³/mol. The van der Waals surface area contributed by atoms with Gasteiger partial charge in [-0.15, -0.1) is 15.0 Å². The molecule has 0 bridgehead atoms. The molecule has 3 rings (SSSR count). The van der Waals surface area contributed by atoms with E-state index in [2.05, 4.69) is 20.4 Å². The third-order valence-electron chi connectivity index (χ3n) is 2.70. The summed E-state index contributed by atoms with van der Waals surface area (Å²) in [7, 11) is 0. The number of benzene rings is 1. The Morgan fingerprint density at radius 1 is 1.15 bits per heavy atom. The van der Waals surface area contributed by atoms with Crippen LogP contribution < -0.4 is 5.73 Å². The number of amidine groups is 1. The minimum Gasteiger partial charge on any atom is -0.382 e. The first-order valence-electron chi connectivity index (χ1n) is 5.90. The molecular formula is C13H11N7. The number of nitrogens with two attached hydrogens (primary N) is 1. The highest BCUT2D eigenvalue weighted by Gasteiger charge is 2.08. The molecule has 0 amide bonds. The van der Waals surface area contributed by atoms with Crippen molar-refractivity contribution >= 4 is 5.84 Å². The minimum absolute atomic E-state index is 0.102. The average molecular weight is 265 g/mol. The van der Waals surface area contributed by atoms with Crippen LogP contribution in [0.3, 0.4) is 0 Å². The Morgan fingerprint density at radius 2 is 1.95 bits per heavy atom. The van der Waals surface area contributed by atoms with E-state index in [1.54, 1.807) is 18.3 Å². The molecule has 0 aliphatic heterocycles. The van der Waals surface area contributed by atoms with Crippen LogP contribution in [0.4, 0.5) is 0 Å². The zero-order valence-corrected chi connectivity index (χ0v) is 10.4. The molecule has 1 aromatic carbocycles. The number of nitrogen functional groups attached to an aromatic ring is 1. The SMILES string of the molecule is N=C(N)c1cc(-n2nnc(-c3ccccc3)n2)ccn1. The molecule has 0 aliphatic carbocycles. The molecule has 7 nitrogen and oxygen atoms in total. The van der Waals surface area contributed by atoms with E-state index in [4.69, 9.17) is 11.1 Å². The van der Waals surface area contributed by atoms with Crippen LogP contribution in [0.2, 0.25) is 0 Å². The summed E-state index contributed by atoms with van der Waals surface area (Å²) in [4.78, 5) is 5.38. The van der Waals surface area contributed by atoms with Gasteiger partial charge in [-0.3, -0.25) is 10.4 Å². The molecular weight excluding hydrogens is 254 g/mol. The summed E-state index contributed by atoms with van der Waals surface area (Å²) in [6.45, 7) is 0. The van der Waals surface area contributed by atoms with Crippen molar-refractivity contribution in [1.29, 1.82) is 5.41 Å². The highest BCUT2D eigenvalue weighted by atomic mass is 15.6. The third kappa shape index (κ3) is 2.24. The van der Waals surface area contributed by atoms with Crippen molar-refractivity contribution in [2.24, 2.45) is 5.73 Å². The molecule has 0 saturated carbocycles. The Morgan fingerprint density at radius 3 is 2.70 bits per heavy atom. The maximum atomic E-state index is 7.38. The van der Waals surface area contributed by atoms with Crippen molar-refractivity contribution in [3.8, 4) is 17.1 Å². The first kappa shape index (κ1) is 12.0. The van der Waals surface area contributed by atoms with Crippen molar-refractivity contribution in [3.63, 3.8) is 0 Å². The zero-order valence-electron chi connectivity index (χ0n) is 10.4. The molecule has 0 saturated heterocycles. The number of nitrogens with zero attached hydrogens (tertiary/aromatic N) is 5. The largest absolute Gasteiger partial charge is 0.382 e. The highest BCUT2D eigenvalue weighted by Crippen LogP contribution is 2.13. The number of hydrogen-bond donors (Lipinski definition) is 2. The molecule has 20 heavy (non-hydrogen) atoms. The summed E-state index contributed by atoms with van der Waals surface area (Å²) in [6, 6.07) is 12.9. The number of nitrogens with one attached hydrogen (secondary N) is 1. The maximum absolute atomic E-state index is 7.38. The fraction of sp³-hybridized carbons (Fsp3) is 0. The van der Waals surface area contributed by atoms with Crippen LogP contribution in [0, 0.1) is 5.41 Å². The summed E-state index contributed by atoms with van der Waals surface area (Å²) in [5.74, 6) is 0.432. The van der Waals surface area contributed by atoms with E-state index in [1.165, 1.54) is 4.80 Å². The van der Waals surface area contributed by atoms with Crippen molar-refractivity contribution in [3.05, 3.63) is 54.4 Å². The summed E-state index contributed by atoms with van der Waals surface area (Å²) >= 11 is 0. The van der Waals surface area contributed by atoms with Gasteiger partial charge in [0.15, 0.2) is 0 Å². The van der Waals surface area contributed by atoms with Gasteiger partial charge in [0, 0.05) is 11.8 Å². The monoisotopic (exact) mass is 265 g/mol. The molecule has 2 heterocycles. The lowest BCUT2D eigenvalue weighted by atomic mass is 10.2. The van der Waals surface area contributed by atoms with Gasteiger partial charge in [-0.2, -0.15) is 0 Å². The van der Waals surface area contributed by atoms with E-state index in [-0.39, 0.29) is 5.84 Å². The summed E-state index contributed by atoms with van der Waals surface area (Å²) in [6.07, 6.45) is 1.55. The average Bonchev–Trinajstić information content (AvgIpc) is 2.98. The summed E-state index contributed by atoms with van der Waals surface area (Å²) < 4.78 is 0. The van der Waals surface area contributed by atoms with Crippen LogP contribution in [-0.2, 0) is 0 Å². The van der Waals surface area contributed by atoms with Gasteiger partial charge in [0.2, 0.25) is 5.82 Å². The van der Waals surface area contributed by atoms with Crippen LogP contribution >= 0.6 is 0 Å². The Labute approximate surface area is 114 Å². The third-order valence-corrected chi connectivity index (χ3v) is 2.70. The van der Waals surface area contributed by atoms with Gasteiger partial charge in [-0.05, 0) is 17.3 Å². The molecule has 0 radical (unpaired) electrons. The lowest BCUT2D eigenvalue weighted by molar-refractivity contribution is 0.718. The summed E-state index contributed by atoms with van der Waals surface area (Å²) in [5.41, 5.74) is 7.33. The van der Waals surface area contributed by atoms with Crippen molar-refractivity contribution < 1.29 is 0 Å². The molecule has 0 fully saturated rings. The molecule has 7 heteroatoms. The first-order chi connectivity index (χ1) is 9.74. The smallest absolute Gasteiger partial charge is 0.205 e. The zero-order chi connectivity index (χ0) is 13.9. The van der Waals surface area contributed by atoms with Crippen LogP contribution in [0.15, 0.2) is 48.7 Å². The lowest BCUT2D eigenvalue weighted by Crippen LogP contribution is -2.13. The number of aromatic nitrogens is 5. The Hall–Kier alpha value is -3.09. The van der Waals surface area contributed by atoms with Crippen LogP contribution in [0.25, 0.3) is 17.1 Å². The van der Waals surface area contributed by atoms with E-state index in [9.17, 15) is 0 Å². The normalized spacial score (nSPS) is 10.4. The molecule has 2 aromatic heterocycles. The van der Waals surface area contributed by atoms with E-state index in [1.807, 2.05) is 30.3 Å². The second-order valence-corrected chi connectivity index (χ2v) is 4.08. The second-order valence-electron chi connectivity index (χ2n) is 4.08. The Balaban J connectivity index is 1.98. The van der Waals surface area contributed by atoms with E-state index in [0.717, 1.165) is 5.56 Å². The number of hydrogen-bond acceptors (Lipinski definition) is 5. The van der Waals surface area contributed by atoms with Crippen molar-refractivity contribution in [1.82, 2.24) is 25.2 Å². The van der Waals surface area contributed by atoms with Gasteiger partial charge in [-0.1, -0.05) is 30.3 Å². The van der Waals surface area contributed by atoms with Gasteiger partial charge < -0.3 is 5.73 Å². The molecule has 0 unspecified atom stereocenters. The summed E-state index contributed by atoms with van der Waals surface area (Å²) in [5, 5.41) is 19.7. The predicted octanol–water partition coefficient (Wildman–Crippen LogP) is 1.01. The van der Waals surface area contributed by atoms with Gasteiger partial charge in [0.05, 0.1) is 5.69 Å². The fourth-order valence-corrected chi connectivity index (χ4v) is 1.72. The Bertz CT molecular complexity index is 748. The Kier molecular flexibility index (Phi) is 2.92. The fourth-order valence-electron chi connectivity index (χ4n) is 1.72. The van der Waals surface area contributed by atoms with Gasteiger partial charge in [0.25, 0.3) is 0 Å². The van der Waals surface area contributed by atoms with E-state index >= 15 is 0 Å². The minimum atomic E-state index is -0.102. The quantitative estimate of drug-likeness (QED) is 0.543. The molecule has 3 N–H and O–H groups in total. The maximum Gasteiger partial charge on any atom is 0.205 e. The number of rotatable bonds is 3. The van der Waals surface area contributed by atoms with E-state index < -0.39 is 0 Å². The highest BCUT2D eigenvalue weighted by molar-refractivity contribution is 5.93.